The molecule has 0 aliphatic heterocycles. The summed E-state index contributed by atoms with van der Waals surface area (Å²) in [5, 5.41) is 7.25. The Kier molecular flexibility index (Phi) is 4.36. The SMILES string of the molecule is Cc1nc2ncnn2c(C)c1CCC(=O)NCC1CCCC1. The fourth-order valence-electron chi connectivity index (χ4n) is 3.32. The third-order valence-electron chi connectivity index (χ3n) is 4.65. The Morgan fingerprint density at radius 1 is 1.36 bits per heavy atom. The minimum Gasteiger partial charge on any atom is -0.356 e. The molecule has 0 radical (unpaired) electrons. The molecule has 0 saturated heterocycles. The van der Waals surface area contributed by atoms with E-state index in [1.54, 1.807) is 4.52 Å². The molecule has 2 aromatic rings. The Morgan fingerprint density at radius 2 is 2.14 bits per heavy atom. The van der Waals surface area contributed by atoms with E-state index < -0.39 is 0 Å². The van der Waals surface area contributed by atoms with Crippen LogP contribution in [0.5, 0.6) is 0 Å². The minimum atomic E-state index is 0.129. The molecule has 3 rings (SSSR count). The zero-order chi connectivity index (χ0) is 15.5. The van der Waals surface area contributed by atoms with E-state index in [0.717, 1.165) is 23.5 Å². The number of nitrogens with one attached hydrogen (secondary N) is 1. The number of aryl methyl sites for hydroxylation is 2. The van der Waals surface area contributed by atoms with E-state index >= 15 is 0 Å². The summed E-state index contributed by atoms with van der Waals surface area (Å²) in [6.45, 7) is 4.80. The van der Waals surface area contributed by atoms with Crippen LogP contribution in [-0.4, -0.2) is 32.0 Å². The van der Waals surface area contributed by atoms with Crippen LogP contribution in [0.1, 0.15) is 49.1 Å². The summed E-state index contributed by atoms with van der Waals surface area (Å²) in [6.07, 6.45) is 7.82. The first-order valence-corrected chi connectivity index (χ1v) is 8.07. The van der Waals surface area contributed by atoms with Gasteiger partial charge in [0.15, 0.2) is 0 Å². The molecular formula is C16H23N5O. The predicted octanol–water partition coefficient (Wildman–Crippen LogP) is 1.98. The molecule has 1 aliphatic rings. The smallest absolute Gasteiger partial charge is 0.252 e. The maximum Gasteiger partial charge on any atom is 0.252 e. The van der Waals surface area contributed by atoms with Crippen LogP contribution in [0.15, 0.2) is 6.33 Å². The van der Waals surface area contributed by atoms with Crippen molar-refractivity contribution in [2.45, 2.75) is 52.4 Å². The van der Waals surface area contributed by atoms with Crippen molar-refractivity contribution in [1.29, 1.82) is 0 Å². The van der Waals surface area contributed by atoms with Gasteiger partial charge in [-0.2, -0.15) is 10.1 Å². The normalized spacial score (nSPS) is 15.5. The largest absolute Gasteiger partial charge is 0.356 e. The minimum absolute atomic E-state index is 0.129. The van der Waals surface area contributed by atoms with Crippen molar-refractivity contribution in [3.63, 3.8) is 0 Å². The average molecular weight is 301 g/mol. The molecule has 0 atom stereocenters. The highest BCUT2D eigenvalue weighted by Gasteiger charge is 2.16. The molecule has 1 saturated carbocycles. The summed E-state index contributed by atoms with van der Waals surface area (Å²) in [6, 6.07) is 0. The van der Waals surface area contributed by atoms with Crippen molar-refractivity contribution in [2.24, 2.45) is 5.92 Å². The fraction of sp³-hybridized carbons (Fsp3) is 0.625. The number of amides is 1. The summed E-state index contributed by atoms with van der Waals surface area (Å²) in [7, 11) is 0. The molecule has 1 aliphatic carbocycles. The van der Waals surface area contributed by atoms with Gasteiger partial charge in [0.2, 0.25) is 5.91 Å². The number of hydrogen-bond acceptors (Lipinski definition) is 4. The van der Waals surface area contributed by atoms with Gasteiger partial charge in [0.25, 0.3) is 5.78 Å². The highest BCUT2D eigenvalue weighted by atomic mass is 16.1. The fourth-order valence-corrected chi connectivity index (χ4v) is 3.32. The lowest BCUT2D eigenvalue weighted by atomic mass is 10.1. The van der Waals surface area contributed by atoms with E-state index in [1.165, 1.54) is 32.0 Å². The molecule has 6 nitrogen and oxygen atoms in total. The first-order chi connectivity index (χ1) is 10.6. The molecular weight excluding hydrogens is 278 g/mol. The Hall–Kier alpha value is -1.98. The summed E-state index contributed by atoms with van der Waals surface area (Å²) in [4.78, 5) is 20.6. The zero-order valence-electron chi connectivity index (χ0n) is 13.3. The van der Waals surface area contributed by atoms with Crippen LogP contribution in [0.2, 0.25) is 0 Å². The summed E-state index contributed by atoms with van der Waals surface area (Å²) in [5.74, 6) is 1.43. The van der Waals surface area contributed by atoms with Crippen LogP contribution in [0, 0.1) is 19.8 Å². The van der Waals surface area contributed by atoms with Gasteiger partial charge in [-0.25, -0.2) is 9.50 Å². The van der Waals surface area contributed by atoms with Gasteiger partial charge in [0.05, 0.1) is 0 Å². The van der Waals surface area contributed by atoms with Crippen molar-refractivity contribution >= 4 is 11.7 Å². The standard InChI is InChI=1S/C16H23N5O/c1-11-14(12(2)21-16(20-11)18-10-19-21)7-8-15(22)17-9-13-5-3-4-6-13/h10,13H,3-9H2,1-2H3,(H,17,22). The number of hydrogen-bond donors (Lipinski definition) is 1. The van der Waals surface area contributed by atoms with Crippen LogP contribution < -0.4 is 5.32 Å². The van der Waals surface area contributed by atoms with Gasteiger partial charge >= 0.3 is 0 Å². The number of nitrogens with zero attached hydrogens (tertiary/aromatic N) is 4. The molecule has 0 spiro atoms. The third-order valence-corrected chi connectivity index (χ3v) is 4.65. The van der Waals surface area contributed by atoms with Gasteiger partial charge in [-0.3, -0.25) is 4.79 Å². The first-order valence-electron chi connectivity index (χ1n) is 8.07. The van der Waals surface area contributed by atoms with Crippen LogP contribution >= 0.6 is 0 Å². The summed E-state index contributed by atoms with van der Waals surface area (Å²) >= 11 is 0. The summed E-state index contributed by atoms with van der Waals surface area (Å²) < 4.78 is 1.73. The maximum atomic E-state index is 12.0. The van der Waals surface area contributed by atoms with Crippen molar-refractivity contribution < 1.29 is 4.79 Å². The van der Waals surface area contributed by atoms with Crippen molar-refractivity contribution in [3.05, 3.63) is 23.3 Å². The highest BCUT2D eigenvalue weighted by molar-refractivity contribution is 5.76. The van der Waals surface area contributed by atoms with Crippen LogP contribution in [0.25, 0.3) is 5.78 Å². The van der Waals surface area contributed by atoms with Crippen molar-refractivity contribution in [3.8, 4) is 0 Å². The maximum absolute atomic E-state index is 12.0. The molecule has 0 bridgehead atoms. The van der Waals surface area contributed by atoms with Gasteiger partial charge in [-0.15, -0.1) is 0 Å². The van der Waals surface area contributed by atoms with Crippen molar-refractivity contribution in [2.75, 3.05) is 6.54 Å². The number of rotatable bonds is 5. The molecule has 0 unspecified atom stereocenters. The second-order valence-corrected chi connectivity index (χ2v) is 6.19. The third kappa shape index (κ3) is 3.10. The van der Waals surface area contributed by atoms with Gasteiger partial charge in [-0.05, 0) is 44.6 Å². The van der Waals surface area contributed by atoms with E-state index in [4.69, 9.17) is 0 Å². The second kappa shape index (κ2) is 6.42. The molecule has 22 heavy (non-hydrogen) atoms. The number of carbonyl (C=O) groups excluding carboxylic acids is 1. The lowest BCUT2D eigenvalue weighted by molar-refractivity contribution is -0.121. The zero-order valence-corrected chi connectivity index (χ0v) is 13.3. The molecule has 0 aromatic carbocycles. The summed E-state index contributed by atoms with van der Waals surface area (Å²) in [5.41, 5.74) is 3.04. The van der Waals surface area contributed by atoms with E-state index in [2.05, 4.69) is 20.4 Å². The Balaban J connectivity index is 1.59. The molecule has 2 heterocycles. The Labute approximate surface area is 130 Å². The van der Waals surface area contributed by atoms with E-state index in [-0.39, 0.29) is 5.91 Å². The van der Waals surface area contributed by atoms with Gasteiger partial charge in [0.1, 0.15) is 6.33 Å². The molecule has 6 heteroatoms. The van der Waals surface area contributed by atoms with Crippen LogP contribution in [0.3, 0.4) is 0 Å². The van der Waals surface area contributed by atoms with E-state index in [9.17, 15) is 4.79 Å². The highest BCUT2D eigenvalue weighted by Crippen LogP contribution is 2.23. The predicted molar refractivity (Wildman–Crippen MR) is 83.5 cm³/mol. The second-order valence-electron chi connectivity index (χ2n) is 6.19. The molecule has 1 N–H and O–H groups in total. The number of carbonyl (C=O) groups is 1. The quantitative estimate of drug-likeness (QED) is 0.916. The van der Waals surface area contributed by atoms with E-state index in [0.29, 0.717) is 24.5 Å². The average Bonchev–Trinajstić information content (AvgIpc) is 3.15. The topological polar surface area (TPSA) is 72.2 Å². The van der Waals surface area contributed by atoms with Gasteiger partial charge in [0, 0.05) is 24.4 Å². The first kappa shape index (κ1) is 14.9. The lowest BCUT2D eigenvalue weighted by Crippen LogP contribution is -2.28. The number of fused-ring (bicyclic) bond motifs is 1. The molecule has 2 aromatic heterocycles. The van der Waals surface area contributed by atoms with Crippen LogP contribution in [0.4, 0.5) is 0 Å². The molecule has 1 fully saturated rings. The van der Waals surface area contributed by atoms with Gasteiger partial charge in [-0.1, -0.05) is 12.8 Å². The van der Waals surface area contributed by atoms with Crippen molar-refractivity contribution in [1.82, 2.24) is 24.9 Å². The molecule has 118 valence electrons. The number of aromatic nitrogens is 4. The lowest BCUT2D eigenvalue weighted by Gasteiger charge is -2.12. The monoisotopic (exact) mass is 301 g/mol. The van der Waals surface area contributed by atoms with Gasteiger partial charge < -0.3 is 5.32 Å². The Morgan fingerprint density at radius 3 is 2.91 bits per heavy atom. The Bertz CT molecular complexity index is 672. The molecule has 1 amide bonds. The van der Waals surface area contributed by atoms with E-state index in [1.807, 2.05) is 13.8 Å². The van der Waals surface area contributed by atoms with Crippen LogP contribution in [-0.2, 0) is 11.2 Å².